The number of halogens is 3. The Hall–Kier alpha value is -1.82. The molecular formula is C20H22F3NOS. The van der Waals surface area contributed by atoms with Crippen molar-refractivity contribution in [3.8, 4) is 0 Å². The van der Waals surface area contributed by atoms with Crippen molar-refractivity contribution in [2.24, 2.45) is 11.8 Å². The van der Waals surface area contributed by atoms with Crippen molar-refractivity contribution in [3.05, 3.63) is 57.8 Å². The summed E-state index contributed by atoms with van der Waals surface area (Å²) in [5.74, 6) is 0.666. The van der Waals surface area contributed by atoms with Crippen LogP contribution in [0.5, 0.6) is 0 Å². The van der Waals surface area contributed by atoms with Gasteiger partial charge in [0.1, 0.15) is 0 Å². The quantitative estimate of drug-likeness (QED) is 0.620. The molecule has 0 unspecified atom stereocenters. The van der Waals surface area contributed by atoms with Gasteiger partial charge in [0.15, 0.2) is 0 Å². The molecule has 1 heterocycles. The van der Waals surface area contributed by atoms with Gasteiger partial charge in [-0.2, -0.15) is 13.2 Å². The Bertz CT molecular complexity index is 725. The monoisotopic (exact) mass is 381 g/mol. The number of carbonyl (C=O) groups excluding carboxylic acids is 1. The second kappa shape index (κ2) is 7.82. The van der Waals surface area contributed by atoms with E-state index >= 15 is 0 Å². The Morgan fingerprint density at radius 2 is 2.00 bits per heavy atom. The lowest BCUT2D eigenvalue weighted by Crippen LogP contribution is -2.30. The number of alkyl halides is 3. The minimum absolute atomic E-state index is 0.161. The third-order valence-electron chi connectivity index (χ3n) is 4.96. The molecule has 1 aliphatic carbocycles. The van der Waals surface area contributed by atoms with E-state index in [1.165, 1.54) is 23.5 Å². The SMILES string of the molecule is CCCC[C@@H]1C[C@H]1[C@H](NC(=O)c1cccs1)c1ccc(C(F)(F)F)cc1. The molecule has 26 heavy (non-hydrogen) atoms. The summed E-state index contributed by atoms with van der Waals surface area (Å²) in [6.07, 6.45) is 0.0244. The van der Waals surface area contributed by atoms with Crippen molar-refractivity contribution < 1.29 is 18.0 Å². The minimum atomic E-state index is -4.35. The molecule has 1 aromatic heterocycles. The van der Waals surface area contributed by atoms with Crippen LogP contribution >= 0.6 is 11.3 Å². The van der Waals surface area contributed by atoms with Gasteiger partial charge in [0.05, 0.1) is 16.5 Å². The van der Waals surface area contributed by atoms with Crippen LogP contribution in [0.15, 0.2) is 41.8 Å². The highest BCUT2D eigenvalue weighted by molar-refractivity contribution is 7.12. The third-order valence-corrected chi connectivity index (χ3v) is 5.83. The average Bonchev–Trinajstić information content (AvgIpc) is 3.15. The first-order valence-electron chi connectivity index (χ1n) is 8.91. The summed E-state index contributed by atoms with van der Waals surface area (Å²) in [7, 11) is 0. The molecule has 3 atom stereocenters. The van der Waals surface area contributed by atoms with E-state index in [-0.39, 0.29) is 11.9 Å². The van der Waals surface area contributed by atoms with E-state index in [0.29, 0.717) is 16.7 Å². The molecule has 3 rings (SSSR count). The standard InChI is InChI=1S/C20H22F3NOS/c1-2-3-5-14-12-16(14)18(24-19(25)17-6-4-11-26-17)13-7-9-15(10-8-13)20(21,22)23/h4,6-11,14,16,18H,2-3,5,12H2,1H3,(H,24,25)/t14-,16-,18-/m1/s1. The summed E-state index contributed by atoms with van der Waals surface area (Å²) in [5.41, 5.74) is 0.0785. The van der Waals surface area contributed by atoms with Crippen LogP contribution in [0.25, 0.3) is 0 Å². The lowest BCUT2D eigenvalue weighted by molar-refractivity contribution is -0.137. The molecule has 0 saturated heterocycles. The fourth-order valence-corrected chi connectivity index (χ4v) is 4.04. The molecule has 1 amide bonds. The second-order valence-corrected chi connectivity index (χ2v) is 7.80. The Kier molecular flexibility index (Phi) is 5.70. The maximum atomic E-state index is 12.8. The van der Waals surface area contributed by atoms with Gasteiger partial charge in [-0.3, -0.25) is 4.79 Å². The highest BCUT2D eigenvalue weighted by Gasteiger charge is 2.43. The summed E-state index contributed by atoms with van der Waals surface area (Å²) in [6.45, 7) is 2.14. The summed E-state index contributed by atoms with van der Waals surface area (Å²) in [6, 6.07) is 8.52. The van der Waals surface area contributed by atoms with E-state index in [1.807, 2.05) is 11.4 Å². The molecule has 1 saturated carbocycles. The molecule has 0 radical (unpaired) electrons. The first-order valence-corrected chi connectivity index (χ1v) is 9.79. The molecule has 0 bridgehead atoms. The first-order chi connectivity index (χ1) is 12.4. The van der Waals surface area contributed by atoms with Gasteiger partial charge in [-0.15, -0.1) is 11.3 Å². The fraction of sp³-hybridized carbons (Fsp3) is 0.450. The van der Waals surface area contributed by atoms with Crippen LogP contribution in [0.2, 0.25) is 0 Å². The molecule has 6 heteroatoms. The normalized spacial score (nSPS) is 20.6. The minimum Gasteiger partial charge on any atom is -0.344 e. The van der Waals surface area contributed by atoms with Crippen molar-refractivity contribution in [2.45, 2.75) is 44.8 Å². The van der Waals surface area contributed by atoms with Crippen LogP contribution in [0, 0.1) is 11.8 Å². The van der Waals surface area contributed by atoms with Gasteiger partial charge in [0, 0.05) is 0 Å². The number of amides is 1. The van der Waals surface area contributed by atoms with Crippen LogP contribution in [-0.2, 0) is 6.18 Å². The van der Waals surface area contributed by atoms with Crippen molar-refractivity contribution in [1.29, 1.82) is 0 Å². The van der Waals surface area contributed by atoms with Crippen LogP contribution in [0.3, 0.4) is 0 Å². The maximum Gasteiger partial charge on any atom is 0.416 e. The second-order valence-electron chi connectivity index (χ2n) is 6.85. The number of hydrogen-bond donors (Lipinski definition) is 1. The van der Waals surface area contributed by atoms with Crippen molar-refractivity contribution in [2.75, 3.05) is 0 Å². The summed E-state index contributed by atoms with van der Waals surface area (Å²) in [4.78, 5) is 13.1. The predicted octanol–water partition coefficient (Wildman–Crippen LogP) is 6.06. The van der Waals surface area contributed by atoms with E-state index in [1.54, 1.807) is 6.07 Å². The number of benzene rings is 1. The lowest BCUT2D eigenvalue weighted by Gasteiger charge is -2.20. The van der Waals surface area contributed by atoms with Crippen molar-refractivity contribution in [1.82, 2.24) is 5.32 Å². The topological polar surface area (TPSA) is 29.1 Å². The van der Waals surface area contributed by atoms with Gasteiger partial charge in [-0.25, -0.2) is 0 Å². The molecule has 1 fully saturated rings. The first kappa shape index (κ1) is 19.0. The Balaban J connectivity index is 1.78. The smallest absolute Gasteiger partial charge is 0.344 e. The van der Waals surface area contributed by atoms with Gasteiger partial charge < -0.3 is 5.32 Å². The van der Waals surface area contributed by atoms with Crippen LogP contribution < -0.4 is 5.32 Å². The summed E-state index contributed by atoms with van der Waals surface area (Å²) in [5, 5.41) is 4.89. The third kappa shape index (κ3) is 4.47. The number of carbonyl (C=O) groups is 1. The zero-order valence-electron chi connectivity index (χ0n) is 14.6. The molecular weight excluding hydrogens is 359 g/mol. The fourth-order valence-electron chi connectivity index (χ4n) is 3.41. The lowest BCUT2D eigenvalue weighted by atomic mass is 9.98. The largest absolute Gasteiger partial charge is 0.416 e. The number of thiophene rings is 1. The van der Waals surface area contributed by atoms with Crippen LogP contribution in [0.1, 0.15) is 59.4 Å². The van der Waals surface area contributed by atoms with E-state index in [4.69, 9.17) is 0 Å². The van der Waals surface area contributed by atoms with Gasteiger partial charge in [0.2, 0.25) is 0 Å². The zero-order chi connectivity index (χ0) is 18.7. The molecule has 140 valence electrons. The molecule has 1 aromatic carbocycles. The highest BCUT2D eigenvalue weighted by Crippen LogP contribution is 2.50. The van der Waals surface area contributed by atoms with Crippen molar-refractivity contribution >= 4 is 17.2 Å². The molecule has 2 nitrogen and oxygen atoms in total. The highest BCUT2D eigenvalue weighted by atomic mass is 32.1. The van der Waals surface area contributed by atoms with Gasteiger partial charge >= 0.3 is 6.18 Å². The van der Waals surface area contributed by atoms with Crippen LogP contribution in [-0.4, -0.2) is 5.91 Å². The molecule has 1 N–H and O–H groups in total. The average molecular weight is 381 g/mol. The molecule has 0 aliphatic heterocycles. The number of hydrogen-bond acceptors (Lipinski definition) is 2. The van der Waals surface area contributed by atoms with Crippen molar-refractivity contribution in [3.63, 3.8) is 0 Å². The van der Waals surface area contributed by atoms with E-state index < -0.39 is 11.7 Å². The summed E-state index contributed by atoms with van der Waals surface area (Å²) < 4.78 is 38.5. The molecule has 1 aliphatic rings. The Labute approximate surface area is 155 Å². The van der Waals surface area contributed by atoms with Gasteiger partial charge in [0.25, 0.3) is 5.91 Å². The molecule has 0 spiro atoms. The maximum absolute atomic E-state index is 12.8. The van der Waals surface area contributed by atoms with Gasteiger partial charge in [-0.05, 0) is 47.4 Å². The number of nitrogens with one attached hydrogen (secondary N) is 1. The Morgan fingerprint density at radius 1 is 1.27 bits per heavy atom. The Morgan fingerprint density at radius 3 is 2.58 bits per heavy atom. The van der Waals surface area contributed by atoms with E-state index in [9.17, 15) is 18.0 Å². The summed E-state index contributed by atoms with van der Waals surface area (Å²) >= 11 is 1.36. The molecule has 2 aromatic rings. The number of rotatable bonds is 7. The van der Waals surface area contributed by atoms with Crippen LogP contribution in [0.4, 0.5) is 13.2 Å². The number of unbranched alkanes of at least 4 members (excludes halogenated alkanes) is 1. The predicted molar refractivity (Wildman–Crippen MR) is 97.1 cm³/mol. The zero-order valence-corrected chi connectivity index (χ0v) is 15.4. The van der Waals surface area contributed by atoms with E-state index in [0.717, 1.165) is 43.4 Å². The van der Waals surface area contributed by atoms with Gasteiger partial charge in [-0.1, -0.05) is 44.4 Å². The van der Waals surface area contributed by atoms with E-state index in [2.05, 4.69) is 12.2 Å².